The third-order valence-corrected chi connectivity index (χ3v) is 3.99. The second kappa shape index (κ2) is 6.13. The van der Waals surface area contributed by atoms with Gasteiger partial charge in [0.1, 0.15) is 5.75 Å². The third-order valence-electron chi connectivity index (χ3n) is 3.99. The number of nitrogen functional groups attached to an aromatic ring is 1. The monoisotopic (exact) mass is 277 g/mol. The van der Waals surface area contributed by atoms with E-state index in [0.717, 1.165) is 32.5 Å². The number of carbonyl (C=O) groups is 1. The molecule has 0 bridgehead atoms. The molecule has 1 aliphatic rings. The summed E-state index contributed by atoms with van der Waals surface area (Å²) in [6.07, 6.45) is 2.25. The van der Waals surface area contributed by atoms with Crippen molar-refractivity contribution in [2.75, 3.05) is 39.5 Å². The van der Waals surface area contributed by atoms with Crippen LogP contribution in [0, 0.1) is 5.92 Å². The molecule has 5 heteroatoms. The van der Waals surface area contributed by atoms with E-state index in [-0.39, 0.29) is 11.7 Å². The number of anilines is 1. The summed E-state index contributed by atoms with van der Waals surface area (Å²) in [4.78, 5) is 16.4. The topological polar surface area (TPSA) is 69.8 Å². The highest BCUT2D eigenvalue weighted by atomic mass is 16.3. The quantitative estimate of drug-likeness (QED) is 0.647. The first kappa shape index (κ1) is 14.7. The van der Waals surface area contributed by atoms with Crippen LogP contribution in [0.3, 0.4) is 0 Å². The Balaban J connectivity index is 1.96. The Morgan fingerprint density at radius 3 is 2.70 bits per heavy atom. The van der Waals surface area contributed by atoms with Gasteiger partial charge in [0.2, 0.25) is 0 Å². The molecule has 1 aromatic carbocycles. The van der Waals surface area contributed by atoms with Gasteiger partial charge in [0.15, 0.2) is 0 Å². The van der Waals surface area contributed by atoms with Gasteiger partial charge >= 0.3 is 0 Å². The standard InChI is InChI=1S/C15H23N3O2/c1-17-7-5-11(6-8-17)10-18(2)15(20)12-3-4-13(16)14(19)9-12/h3-4,9,11,19H,5-8,10,16H2,1-2H3. The molecule has 1 aliphatic heterocycles. The van der Waals surface area contributed by atoms with Gasteiger partial charge < -0.3 is 20.6 Å². The number of carbonyl (C=O) groups excluding carboxylic acids is 1. The van der Waals surface area contributed by atoms with E-state index in [9.17, 15) is 9.90 Å². The molecule has 0 spiro atoms. The van der Waals surface area contributed by atoms with Gasteiger partial charge in [-0.1, -0.05) is 0 Å². The molecule has 5 nitrogen and oxygen atoms in total. The maximum absolute atomic E-state index is 12.3. The van der Waals surface area contributed by atoms with Crippen molar-refractivity contribution in [1.29, 1.82) is 0 Å². The Hall–Kier alpha value is -1.75. The molecule has 110 valence electrons. The number of aromatic hydroxyl groups is 1. The zero-order chi connectivity index (χ0) is 14.7. The highest BCUT2D eigenvalue weighted by Crippen LogP contribution is 2.22. The minimum atomic E-state index is -0.0702. The first-order valence-corrected chi connectivity index (χ1v) is 7.00. The van der Waals surface area contributed by atoms with Crippen molar-refractivity contribution in [3.8, 4) is 5.75 Å². The van der Waals surface area contributed by atoms with Gasteiger partial charge in [-0.2, -0.15) is 0 Å². The number of amides is 1. The molecule has 20 heavy (non-hydrogen) atoms. The van der Waals surface area contributed by atoms with Gasteiger partial charge in [-0.15, -0.1) is 0 Å². The van der Waals surface area contributed by atoms with Gasteiger partial charge in [-0.25, -0.2) is 0 Å². The first-order valence-electron chi connectivity index (χ1n) is 7.00. The number of phenols is 1. The third kappa shape index (κ3) is 3.42. The van der Waals surface area contributed by atoms with Crippen molar-refractivity contribution in [2.45, 2.75) is 12.8 Å². The number of piperidine rings is 1. The molecule has 0 atom stereocenters. The fraction of sp³-hybridized carbons (Fsp3) is 0.533. The van der Waals surface area contributed by atoms with Crippen molar-refractivity contribution < 1.29 is 9.90 Å². The number of likely N-dealkylation sites (tertiary alicyclic amines) is 1. The van der Waals surface area contributed by atoms with Crippen LogP contribution in [0.1, 0.15) is 23.2 Å². The molecule has 1 heterocycles. The molecule has 0 aliphatic carbocycles. The van der Waals surface area contributed by atoms with Crippen LogP contribution in [0.2, 0.25) is 0 Å². The predicted octanol–water partition coefficient (Wildman–Crippen LogP) is 1.39. The summed E-state index contributed by atoms with van der Waals surface area (Å²) in [5.41, 5.74) is 6.32. The SMILES string of the molecule is CN1CCC(CN(C)C(=O)c2ccc(N)c(O)c2)CC1. The van der Waals surface area contributed by atoms with Gasteiger partial charge in [0.05, 0.1) is 5.69 Å². The van der Waals surface area contributed by atoms with Crippen LogP contribution >= 0.6 is 0 Å². The molecular weight excluding hydrogens is 254 g/mol. The van der Waals surface area contributed by atoms with E-state index in [0.29, 0.717) is 17.2 Å². The first-order chi connectivity index (χ1) is 9.47. The van der Waals surface area contributed by atoms with E-state index in [1.165, 1.54) is 6.07 Å². The van der Waals surface area contributed by atoms with Crippen molar-refractivity contribution in [3.63, 3.8) is 0 Å². The summed E-state index contributed by atoms with van der Waals surface area (Å²) in [6, 6.07) is 4.65. The Labute approximate surface area is 120 Å². The number of nitrogens with zero attached hydrogens (tertiary/aromatic N) is 2. The molecule has 1 fully saturated rings. The van der Waals surface area contributed by atoms with Crippen LogP contribution in [0.5, 0.6) is 5.75 Å². The fourth-order valence-electron chi connectivity index (χ4n) is 2.61. The Morgan fingerprint density at radius 1 is 1.45 bits per heavy atom. The van der Waals surface area contributed by atoms with E-state index in [4.69, 9.17) is 5.73 Å². The summed E-state index contributed by atoms with van der Waals surface area (Å²) in [5.74, 6) is 0.449. The lowest BCUT2D eigenvalue weighted by atomic mass is 9.96. The summed E-state index contributed by atoms with van der Waals surface area (Å²) in [6.45, 7) is 2.95. The largest absolute Gasteiger partial charge is 0.506 e. The lowest BCUT2D eigenvalue weighted by molar-refractivity contribution is 0.0747. The fourth-order valence-corrected chi connectivity index (χ4v) is 2.61. The maximum Gasteiger partial charge on any atom is 0.253 e. The predicted molar refractivity (Wildman–Crippen MR) is 79.7 cm³/mol. The molecule has 0 aromatic heterocycles. The lowest BCUT2D eigenvalue weighted by Gasteiger charge is -2.31. The van der Waals surface area contributed by atoms with Crippen LogP contribution in [0.25, 0.3) is 0 Å². The molecule has 0 saturated carbocycles. The van der Waals surface area contributed by atoms with Crippen LogP contribution in [0.15, 0.2) is 18.2 Å². The molecule has 1 saturated heterocycles. The normalized spacial score (nSPS) is 17.1. The van der Waals surface area contributed by atoms with Gasteiger partial charge in [0, 0.05) is 19.2 Å². The minimum absolute atomic E-state index is 0.0384. The maximum atomic E-state index is 12.3. The second-order valence-electron chi connectivity index (χ2n) is 5.71. The summed E-state index contributed by atoms with van der Waals surface area (Å²) >= 11 is 0. The Morgan fingerprint density at radius 2 is 2.10 bits per heavy atom. The van der Waals surface area contributed by atoms with E-state index < -0.39 is 0 Å². The number of rotatable bonds is 3. The van der Waals surface area contributed by atoms with E-state index in [1.54, 1.807) is 17.0 Å². The molecule has 0 unspecified atom stereocenters. The average Bonchev–Trinajstić information content (AvgIpc) is 2.43. The zero-order valence-electron chi connectivity index (χ0n) is 12.2. The molecule has 3 N–H and O–H groups in total. The van der Waals surface area contributed by atoms with E-state index >= 15 is 0 Å². The van der Waals surface area contributed by atoms with Crippen LogP contribution in [0.4, 0.5) is 5.69 Å². The Kier molecular flexibility index (Phi) is 4.49. The summed E-state index contributed by atoms with van der Waals surface area (Å²) in [7, 11) is 3.94. The van der Waals surface area contributed by atoms with Gasteiger partial charge in [0.25, 0.3) is 5.91 Å². The smallest absolute Gasteiger partial charge is 0.253 e. The van der Waals surface area contributed by atoms with Crippen molar-refractivity contribution >= 4 is 11.6 Å². The van der Waals surface area contributed by atoms with E-state index in [1.807, 2.05) is 7.05 Å². The van der Waals surface area contributed by atoms with Crippen LogP contribution < -0.4 is 5.73 Å². The minimum Gasteiger partial charge on any atom is -0.506 e. The number of hydrogen-bond donors (Lipinski definition) is 2. The zero-order valence-corrected chi connectivity index (χ0v) is 12.2. The number of nitrogens with two attached hydrogens (primary N) is 1. The molecule has 1 amide bonds. The number of benzene rings is 1. The number of hydrogen-bond acceptors (Lipinski definition) is 4. The Bertz CT molecular complexity index is 482. The highest BCUT2D eigenvalue weighted by Gasteiger charge is 2.21. The lowest BCUT2D eigenvalue weighted by Crippen LogP contribution is -2.37. The summed E-state index contributed by atoms with van der Waals surface area (Å²) in [5, 5.41) is 9.58. The summed E-state index contributed by atoms with van der Waals surface area (Å²) < 4.78 is 0. The van der Waals surface area contributed by atoms with Crippen molar-refractivity contribution in [1.82, 2.24) is 9.80 Å². The number of phenolic OH excluding ortho intramolecular Hbond substituents is 1. The molecular formula is C15H23N3O2. The molecule has 2 rings (SSSR count). The average molecular weight is 277 g/mol. The van der Waals surface area contributed by atoms with Crippen LogP contribution in [-0.4, -0.2) is 54.5 Å². The van der Waals surface area contributed by atoms with Crippen molar-refractivity contribution in [3.05, 3.63) is 23.8 Å². The van der Waals surface area contributed by atoms with Gasteiger partial charge in [-0.3, -0.25) is 4.79 Å². The second-order valence-corrected chi connectivity index (χ2v) is 5.71. The van der Waals surface area contributed by atoms with Crippen LogP contribution in [-0.2, 0) is 0 Å². The molecule has 1 aromatic rings. The van der Waals surface area contributed by atoms with Crippen molar-refractivity contribution in [2.24, 2.45) is 5.92 Å². The van der Waals surface area contributed by atoms with Gasteiger partial charge in [-0.05, 0) is 57.1 Å². The van der Waals surface area contributed by atoms with E-state index in [2.05, 4.69) is 11.9 Å². The molecule has 0 radical (unpaired) electrons. The highest BCUT2D eigenvalue weighted by molar-refractivity contribution is 5.95.